The zero-order chi connectivity index (χ0) is 20.0. The van der Waals surface area contributed by atoms with Crippen LogP contribution in [0.2, 0.25) is 15.1 Å². The number of rotatable bonds is 6. The number of carbonyl (C=O) groups is 2. The molecule has 0 aromatic heterocycles. The maximum atomic E-state index is 12.2. The van der Waals surface area contributed by atoms with Gasteiger partial charge in [0.05, 0.1) is 27.9 Å². The van der Waals surface area contributed by atoms with Crippen LogP contribution in [0.1, 0.15) is 12.5 Å². The molecule has 27 heavy (non-hydrogen) atoms. The van der Waals surface area contributed by atoms with E-state index >= 15 is 0 Å². The molecule has 0 aliphatic rings. The summed E-state index contributed by atoms with van der Waals surface area (Å²) in [6.07, 6.45) is 1.77. The van der Waals surface area contributed by atoms with Crippen LogP contribution < -0.4 is 10.1 Å². The summed E-state index contributed by atoms with van der Waals surface area (Å²) in [6, 6.07) is 9.93. The maximum absolute atomic E-state index is 12.2. The second kappa shape index (κ2) is 9.65. The number of nitrogens with one attached hydrogen (secondary N) is 1. The molecule has 1 atom stereocenters. The number of hydrogen-bond acceptors (Lipinski definition) is 4. The van der Waals surface area contributed by atoms with Gasteiger partial charge in [-0.05, 0) is 42.8 Å². The Kier molecular flexibility index (Phi) is 7.54. The van der Waals surface area contributed by atoms with E-state index in [4.69, 9.17) is 44.3 Å². The zero-order valence-corrected chi connectivity index (χ0v) is 16.7. The third kappa shape index (κ3) is 6.17. The van der Waals surface area contributed by atoms with Crippen molar-refractivity contribution in [1.82, 2.24) is 0 Å². The molecule has 2 aromatic rings. The minimum Gasteiger partial charge on any atom is -0.497 e. The molecule has 0 fully saturated rings. The van der Waals surface area contributed by atoms with Crippen molar-refractivity contribution in [3.05, 3.63) is 63.1 Å². The molecule has 0 radical (unpaired) electrons. The highest BCUT2D eigenvalue weighted by Gasteiger charge is 2.18. The minimum atomic E-state index is -1.04. The second-order valence-electron chi connectivity index (χ2n) is 5.42. The topological polar surface area (TPSA) is 64.6 Å². The van der Waals surface area contributed by atoms with Gasteiger partial charge in [0.1, 0.15) is 5.75 Å². The summed E-state index contributed by atoms with van der Waals surface area (Å²) in [6.45, 7) is 1.44. The highest BCUT2D eigenvalue weighted by atomic mass is 35.5. The molecule has 1 amide bonds. The standard InChI is InChI=1S/C19H16Cl3NO4/c1-11(19(25)23-17-10-15(21)14(20)9-16(17)22)27-18(24)8-5-12-3-6-13(26-2)7-4-12/h3-11H,1-2H3,(H,23,25)/b8-5+. The zero-order valence-electron chi connectivity index (χ0n) is 14.5. The number of methoxy groups -OCH3 is 1. The van der Waals surface area contributed by atoms with Gasteiger partial charge in [0.2, 0.25) is 0 Å². The molecule has 0 aliphatic carbocycles. The fourth-order valence-electron chi connectivity index (χ4n) is 2.00. The third-order valence-electron chi connectivity index (χ3n) is 3.46. The van der Waals surface area contributed by atoms with Crippen molar-refractivity contribution in [3.8, 4) is 5.75 Å². The van der Waals surface area contributed by atoms with Crippen LogP contribution in [-0.2, 0) is 14.3 Å². The van der Waals surface area contributed by atoms with Crippen molar-refractivity contribution >= 4 is 58.4 Å². The third-order valence-corrected chi connectivity index (χ3v) is 4.49. The number of carbonyl (C=O) groups excluding carboxylic acids is 2. The number of hydrogen-bond donors (Lipinski definition) is 1. The van der Waals surface area contributed by atoms with E-state index in [0.29, 0.717) is 5.75 Å². The first-order valence-corrected chi connectivity index (χ1v) is 8.91. The van der Waals surface area contributed by atoms with Crippen molar-refractivity contribution in [3.63, 3.8) is 0 Å². The molecular weight excluding hydrogens is 413 g/mol. The van der Waals surface area contributed by atoms with Crippen molar-refractivity contribution < 1.29 is 19.1 Å². The molecule has 8 heteroatoms. The van der Waals surface area contributed by atoms with Gasteiger partial charge in [-0.3, -0.25) is 4.79 Å². The van der Waals surface area contributed by atoms with Gasteiger partial charge in [0, 0.05) is 6.08 Å². The van der Waals surface area contributed by atoms with Gasteiger partial charge in [0.15, 0.2) is 6.10 Å². The first-order valence-electron chi connectivity index (χ1n) is 7.78. The fourth-order valence-corrected chi connectivity index (χ4v) is 2.59. The maximum Gasteiger partial charge on any atom is 0.331 e. The van der Waals surface area contributed by atoms with Gasteiger partial charge in [-0.1, -0.05) is 46.9 Å². The van der Waals surface area contributed by atoms with Crippen LogP contribution in [0.3, 0.4) is 0 Å². The van der Waals surface area contributed by atoms with Gasteiger partial charge < -0.3 is 14.8 Å². The number of amides is 1. The van der Waals surface area contributed by atoms with Crippen LogP contribution in [0.25, 0.3) is 6.08 Å². The Morgan fingerprint density at radius 3 is 2.30 bits per heavy atom. The minimum absolute atomic E-state index is 0.218. The Morgan fingerprint density at radius 2 is 1.67 bits per heavy atom. The molecule has 1 unspecified atom stereocenters. The Hall–Kier alpha value is -2.21. The Balaban J connectivity index is 1.94. The predicted molar refractivity (Wildman–Crippen MR) is 108 cm³/mol. The lowest BCUT2D eigenvalue weighted by molar-refractivity contribution is -0.148. The summed E-state index contributed by atoms with van der Waals surface area (Å²) in [5.74, 6) is -0.504. The van der Waals surface area contributed by atoms with E-state index in [1.165, 1.54) is 25.1 Å². The largest absolute Gasteiger partial charge is 0.497 e. The quantitative estimate of drug-likeness (QED) is 0.388. The molecule has 0 bridgehead atoms. The summed E-state index contributed by atoms with van der Waals surface area (Å²) in [4.78, 5) is 24.1. The van der Waals surface area contributed by atoms with E-state index in [-0.39, 0.29) is 20.8 Å². The van der Waals surface area contributed by atoms with E-state index in [1.54, 1.807) is 37.5 Å². The average molecular weight is 429 g/mol. The van der Waals surface area contributed by atoms with Crippen molar-refractivity contribution in [2.24, 2.45) is 0 Å². The highest BCUT2D eigenvalue weighted by molar-refractivity contribution is 6.44. The normalized spacial score (nSPS) is 11.9. The lowest BCUT2D eigenvalue weighted by Crippen LogP contribution is -2.29. The van der Waals surface area contributed by atoms with Gasteiger partial charge >= 0.3 is 5.97 Å². The van der Waals surface area contributed by atoms with Gasteiger partial charge in [-0.25, -0.2) is 4.79 Å². The molecule has 2 aromatic carbocycles. The van der Waals surface area contributed by atoms with Gasteiger partial charge in [-0.15, -0.1) is 0 Å². The summed E-state index contributed by atoms with van der Waals surface area (Å²) in [5, 5.41) is 3.26. The lowest BCUT2D eigenvalue weighted by atomic mass is 10.2. The Morgan fingerprint density at radius 1 is 1.04 bits per heavy atom. The van der Waals surface area contributed by atoms with Crippen molar-refractivity contribution in [2.75, 3.05) is 12.4 Å². The van der Waals surface area contributed by atoms with E-state index in [1.807, 2.05) is 0 Å². The van der Waals surface area contributed by atoms with Crippen molar-refractivity contribution in [1.29, 1.82) is 0 Å². The summed E-state index contributed by atoms with van der Waals surface area (Å²) in [5.41, 5.74) is 1.06. The van der Waals surface area contributed by atoms with Crippen LogP contribution >= 0.6 is 34.8 Å². The van der Waals surface area contributed by atoms with E-state index in [9.17, 15) is 9.59 Å². The molecule has 1 N–H and O–H groups in total. The van der Waals surface area contributed by atoms with E-state index in [0.717, 1.165) is 5.56 Å². The summed E-state index contributed by atoms with van der Waals surface area (Å²) < 4.78 is 10.1. The number of anilines is 1. The molecule has 0 aliphatic heterocycles. The smallest absolute Gasteiger partial charge is 0.331 e. The first-order chi connectivity index (χ1) is 12.8. The first kappa shape index (κ1) is 21.1. The van der Waals surface area contributed by atoms with E-state index in [2.05, 4.69) is 5.32 Å². The molecular formula is C19H16Cl3NO4. The molecule has 142 valence electrons. The molecule has 0 saturated carbocycles. The average Bonchev–Trinajstić information content (AvgIpc) is 2.64. The number of ether oxygens (including phenoxy) is 2. The number of benzene rings is 2. The summed E-state index contributed by atoms with van der Waals surface area (Å²) in [7, 11) is 1.57. The van der Waals surface area contributed by atoms with Crippen LogP contribution in [0.4, 0.5) is 5.69 Å². The van der Waals surface area contributed by atoms with Crippen LogP contribution in [0.5, 0.6) is 5.75 Å². The van der Waals surface area contributed by atoms with Gasteiger partial charge in [-0.2, -0.15) is 0 Å². The fraction of sp³-hybridized carbons (Fsp3) is 0.158. The molecule has 0 spiro atoms. The van der Waals surface area contributed by atoms with Crippen molar-refractivity contribution in [2.45, 2.75) is 13.0 Å². The Labute approximate surface area is 171 Å². The monoisotopic (exact) mass is 427 g/mol. The van der Waals surface area contributed by atoms with Crippen LogP contribution in [0, 0.1) is 0 Å². The van der Waals surface area contributed by atoms with Gasteiger partial charge in [0.25, 0.3) is 5.91 Å². The van der Waals surface area contributed by atoms with E-state index < -0.39 is 18.0 Å². The number of esters is 1. The highest BCUT2D eigenvalue weighted by Crippen LogP contribution is 2.32. The summed E-state index contributed by atoms with van der Waals surface area (Å²) >= 11 is 17.8. The molecule has 5 nitrogen and oxygen atoms in total. The molecule has 0 saturated heterocycles. The Bertz CT molecular complexity index is 866. The SMILES string of the molecule is COc1ccc(/C=C/C(=O)OC(C)C(=O)Nc2cc(Cl)c(Cl)cc2Cl)cc1. The second-order valence-corrected chi connectivity index (χ2v) is 6.64. The molecule has 2 rings (SSSR count). The molecule has 0 heterocycles. The van der Waals surface area contributed by atoms with Crippen LogP contribution in [0.15, 0.2) is 42.5 Å². The predicted octanol–water partition coefficient (Wildman–Crippen LogP) is 5.24. The number of halogens is 3. The lowest BCUT2D eigenvalue weighted by Gasteiger charge is -2.13. The van der Waals surface area contributed by atoms with Crippen LogP contribution in [-0.4, -0.2) is 25.1 Å².